The van der Waals surface area contributed by atoms with Crippen LogP contribution in [0.5, 0.6) is 0 Å². The molecule has 0 radical (unpaired) electrons. The molecule has 1 saturated carbocycles. The molecule has 0 aromatic heterocycles. The molecule has 0 bridgehead atoms. The Morgan fingerprint density at radius 1 is 0.912 bits per heavy atom. The Labute approximate surface area is 198 Å². The number of nitro groups is 1. The van der Waals surface area contributed by atoms with Crippen molar-refractivity contribution in [2.24, 2.45) is 0 Å². The monoisotopic (exact) mass is 467 g/mol. The summed E-state index contributed by atoms with van der Waals surface area (Å²) in [4.78, 5) is 28.8. The number of anilines is 4. The van der Waals surface area contributed by atoms with Crippen molar-refractivity contribution in [3.05, 3.63) is 52.1 Å². The van der Waals surface area contributed by atoms with E-state index in [9.17, 15) is 14.9 Å². The van der Waals surface area contributed by atoms with Crippen molar-refractivity contribution in [2.75, 3.05) is 73.0 Å². The molecule has 180 valence electrons. The van der Waals surface area contributed by atoms with E-state index in [0.29, 0.717) is 37.8 Å². The van der Waals surface area contributed by atoms with Gasteiger partial charge in [0.25, 0.3) is 11.6 Å². The van der Waals surface area contributed by atoms with Gasteiger partial charge in [-0.25, -0.2) is 0 Å². The van der Waals surface area contributed by atoms with Crippen LogP contribution in [-0.2, 0) is 9.47 Å². The lowest BCUT2D eigenvalue weighted by molar-refractivity contribution is -0.384. The van der Waals surface area contributed by atoms with Crippen molar-refractivity contribution in [3.63, 3.8) is 0 Å². The van der Waals surface area contributed by atoms with E-state index in [0.717, 1.165) is 50.4 Å². The Hall–Kier alpha value is -3.37. The van der Waals surface area contributed by atoms with Gasteiger partial charge < -0.3 is 29.9 Å². The third-order valence-electron chi connectivity index (χ3n) is 6.35. The van der Waals surface area contributed by atoms with E-state index in [-0.39, 0.29) is 23.2 Å². The Kier molecular flexibility index (Phi) is 6.50. The summed E-state index contributed by atoms with van der Waals surface area (Å²) in [7, 11) is 0. The maximum absolute atomic E-state index is 13.1. The Morgan fingerprint density at radius 2 is 1.56 bits per heavy atom. The van der Waals surface area contributed by atoms with Crippen molar-refractivity contribution < 1.29 is 19.2 Å². The van der Waals surface area contributed by atoms with Gasteiger partial charge in [-0.3, -0.25) is 14.9 Å². The van der Waals surface area contributed by atoms with Gasteiger partial charge in [0.1, 0.15) is 5.69 Å². The largest absolute Gasteiger partial charge is 0.378 e. The van der Waals surface area contributed by atoms with Crippen molar-refractivity contribution in [1.82, 2.24) is 0 Å². The number of hydrogen-bond acceptors (Lipinski definition) is 8. The summed E-state index contributed by atoms with van der Waals surface area (Å²) < 4.78 is 11.0. The minimum Gasteiger partial charge on any atom is -0.378 e. The summed E-state index contributed by atoms with van der Waals surface area (Å²) in [5.41, 5.74) is 3.28. The molecule has 10 heteroatoms. The summed E-state index contributed by atoms with van der Waals surface area (Å²) >= 11 is 0. The van der Waals surface area contributed by atoms with Crippen LogP contribution in [0, 0.1) is 10.1 Å². The molecule has 0 spiro atoms. The van der Waals surface area contributed by atoms with Gasteiger partial charge in [0.2, 0.25) is 0 Å². The summed E-state index contributed by atoms with van der Waals surface area (Å²) in [5, 5.41) is 17.8. The van der Waals surface area contributed by atoms with E-state index in [2.05, 4.69) is 26.5 Å². The molecule has 0 unspecified atom stereocenters. The van der Waals surface area contributed by atoms with Gasteiger partial charge in [0.15, 0.2) is 0 Å². The number of nitrogens with one attached hydrogen (secondary N) is 2. The fraction of sp³-hybridized carbons (Fsp3) is 0.458. The van der Waals surface area contributed by atoms with Gasteiger partial charge in [0, 0.05) is 49.5 Å². The first-order valence-electron chi connectivity index (χ1n) is 11.7. The highest BCUT2D eigenvalue weighted by atomic mass is 16.6. The lowest BCUT2D eigenvalue weighted by atomic mass is 10.1. The van der Waals surface area contributed by atoms with Crippen LogP contribution in [0.4, 0.5) is 28.4 Å². The van der Waals surface area contributed by atoms with E-state index >= 15 is 0 Å². The lowest BCUT2D eigenvalue weighted by Crippen LogP contribution is -2.38. The number of morpholine rings is 2. The highest BCUT2D eigenvalue weighted by molar-refractivity contribution is 6.07. The molecule has 3 fully saturated rings. The maximum atomic E-state index is 13.1. The molecular weight excluding hydrogens is 438 g/mol. The molecule has 2 N–H and O–H groups in total. The van der Waals surface area contributed by atoms with E-state index in [1.165, 1.54) is 6.07 Å². The third-order valence-corrected chi connectivity index (χ3v) is 6.35. The third kappa shape index (κ3) is 5.07. The van der Waals surface area contributed by atoms with Crippen LogP contribution >= 0.6 is 0 Å². The molecule has 34 heavy (non-hydrogen) atoms. The molecule has 2 aromatic carbocycles. The van der Waals surface area contributed by atoms with Gasteiger partial charge >= 0.3 is 0 Å². The van der Waals surface area contributed by atoms with Crippen LogP contribution in [-0.4, -0.2) is 69.5 Å². The van der Waals surface area contributed by atoms with Crippen molar-refractivity contribution in [1.29, 1.82) is 0 Å². The number of rotatable bonds is 7. The number of benzene rings is 2. The molecule has 2 aliphatic heterocycles. The predicted octanol–water partition coefficient (Wildman–Crippen LogP) is 3.09. The quantitative estimate of drug-likeness (QED) is 0.472. The zero-order valence-electron chi connectivity index (χ0n) is 19.0. The highest BCUT2D eigenvalue weighted by Crippen LogP contribution is 2.34. The zero-order chi connectivity index (χ0) is 23.5. The Bertz CT molecular complexity index is 1060. The molecule has 2 heterocycles. The smallest absolute Gasteiger partial charge is 0.293 e. The van der Waals surface area contributed by atoms with Crippen LogP contribution in [0.15, 0.2) is 36.4 Å². The number of amides is 1. The normalized spacial score (nSPS) is 18.5. The van der Waals surface area contributed by atoms with Crippen molar-refractivity contribution >= 4 is 34.3 Å². The molecular formula is C24H29N5O5. The second-order valence-corrected chi connectivity index (χ2v) is 8.76. The van der Waals surface area contributed by atoms with Crippen molar-refractivity contribution in [2.45, 2.75) is 18.9 Å². The second-order valence-electron chi connectivity index (χ2n) is 8.76. The number of carbonyl (C=O) groups is 1. The first-order chi connectivity index (χ1) is 16.6. The number of carbonyl (C=O) groups excluding carboxylic acids is 1. The number of nitrogens with zero attached hydrogens (tertiary/aromatic N) is 3. The number of ether oxygens (including phenoxy) is 2. The zero-order valence-corrected chi connectivity index (χ0v) is 19.0. The summed E-state index contributed by atoms with van der Waals surface area (Å²) in [6.45, 7) is 5.71. The first kappa shape index (κ1) is 22.4. The fourth-order valence-corrected chi connectivity index (χ4v) is 4.30. The van der Waals surface area contributed by atoms with Gasteiger partial charge in [0.05, 0.1) is 42.7 Å². The first-order valence-corrected chi connectivity index (χ1v) is 11.7. The van der Waals surface area contributed by atoms with Gasteiger partial charge in [-0.2, -0.15) is 0 Å². The number of nitro benzene ring substituents is 1. The molecule has 0 atom stereocenters. The molecule has 3 aliphatic rings. The lowest BCUT2D eigenvalue weighted by Gasteiger charge is -2.33. The molecule has 2 aromatic rings. The average Bonchev–Trinajstić information content (AvgIpc) is 3.69. The molecule has 10 nitrogen and oxygen atoms in total. The van der Waals surface area contributed by atoms with Crippen molar-refractivity contribution in [3.8, 4) is 0 Å². The summed E-state index contributed by atoms with van der Waals surface area (Å²) in [6.07, 6.45) is 2.01. The molecule has 5 rings (SSSR count). The topological polar surface area (TPSA) is 109 Å². The van der Waals surface area contributed by atoms with Gasteiger partial charge in [-0.1, -0.05) is 0 Å². The molecule has 1 amide bonds. The SMILES string of the molecule is O=C(Nc1ccc(N2CCOCC2)cc1N1CCOCC1)c1ccc(NC2CC2)c([N+](=O)[O-])c1. The van der Waals surface area contributed by atoms with Crippen LogP contribution < -0.4 is 20.4 Å². The van der Waals surface area contributed by atoms with Crippen LogP contribution in [0.1, 0.15) is 23.2 Å². The maximum Gasteiger partial charge on any atom is 0.293 e. The summed E-state index contributed by atoms with van der Waals surface area (Å²) in [6, 6.07) is 10.9. The summed E-state index contributed by atoms with van der Waals surface area (Å²) in [5.74, 6) is -0.380. The van der Waals surface area contributed by atoms with E-state index < -0.39 is 4.92 Å². The van der Waals surface area contributed by atoms with Gasteiger partial charge in [-0.05, 0) is 43.2 Å². The Balaban J connectivity index is 1.40. The highest BCUT2D eigenvalue weighted by Gasteiger charge is 2.26. The van der Waals surface area contributed by atoms with E-state index in [4.69, 9.17) is 9.47 Å². The Morgan fingerprint density at radius 3 is 2.21 bits per heavy atom. The van der Waals surface area contributed by atoms with Gasteiger partial charge in [-0.15, -0.1) is 0 Å². The standard InChI is InChI=1S/C24H29N5O5/c30-24(17-1-5-21(25-18-2-3-18)23(15-17)29(31)32)26-20-6-4-19(27-7-11-33-12-8-27)16-22(20)28-9-13-34-14-10-28/h1,4-6,15-16,18,25H,2-3,7-14H2,(H,26,30). The van der Waals surface area contributed by atoms with E-state index in [1.807, 2.05) is 12.1 Å². The minimum atomic E-state index is -0.447. The van der Waals surface area contributed by atoms with E-state index in [1.54, 1.807) is 12.1 Å². The van der Waals surface area contributed by atoms with Crippen LogP contribution in [0.25, 0.3) is 0 Å². The minimum absolute atomic E-state index is 0.0874. The van der Waals surface area contributed by atoms with Crippen LogP contribution in [0.3, 0.4) is 0 Å². The predicted molar refractivity (Wildman–Crippen MR) is 130 cm³/mol. The van der Waals surface area contributed by atoms with Crippen LogP contribution in [0.2, 0.25) is 0 Å². The average molecular weight is 468 g/mol. The molecule has 1 aliphatic carbocycles. The molecule has 2 saturated heterocycles. The fourth-order valence-electron chi connectivity index (χ4n) is 4.30. The number of hydrogen-bond donors (Lipinski definition) is 2. The second kappa shape index (κ2) is 9.86.